The summed E-state index contributed by atoms with van der Waals surface area (Å²) in [7, 11) is 0. The van der Waals surface area contributed by atoms with E-state index < -0.39 is 12.0 Å². The van der Waals surface area contributed by atoms with E-state index in [2.05, 4.69) is 16.8 Å². The van der Waals surface area contributed by atoms with Crippen molar-refractivity contribution in [2.75, 3.05) is 45.9 Å². The zero-order chi connectivity index (χ0) is 24.9. The van der Waals surface area contributed by atoms with Gasteiger partial charge in [0, 0.05) is 55.9 Å². The van der Waals surface area contributed by atoms with Gasteiger partial charge in [-0.2, -0.15) is 0 Å². The Labute approximate surface area is 211 Å². The summed E-state index contributed by atoms with van der Waals surface area (Å²) in [5, 5.41) is 3.39. The lowest BCUT2D eigenvalue weighted by Gasteiger charge is -2.41. The van der Waals surface area contributed by atoms with Crippen molar-refractivity contribution in [1.82, 2.24) is 20.0 Å². The van der Waals surface area contributed by atoms with Crippen LogP contribution in [0.5, 0.6) is 0 Å². The van der Waals surface area contributed by atoms with Gasteiger partial charge in [-0.25, -0.2) is 9.59 Å². The average molecular weight is 501 g/mol. The quantitative estimate of drug-likeness (QED) is 0.437. The molecule has 1 N–H and O–H groups in total. The van der Waals surface area contributed by atoms with Crippen molar-refractivity contribution < 1.29 is 19.1 Å². The summed E-state index contributed by atoms with van der Waals surface area (Å²) in [6, 6.07) is 6.12. The highest BCUT2D eigenvalue weighted by Crippen LogP contribution is 2.35. The van der Waals surface area contributed by atoms with Gasteiger partial charge in [-0.3, -0.25) is 14.6 Å². The van der Waals surface area contributed by atoms with Gasteiger partial charge in [0.2, 0.25) is 5.91 Å². The lowest BCUT2D eigenvalue weighted by molar-refractivity contribution is -0.140. The van der Waals surface area contributed by atoms with Crippen LogP contribution in [-0.4, -0.2) is 78.5 Å². The SMILES string of the molecule is C=CCN1C(=O)NC(c2ccccc2Cl)C(C(=O)OCC)=C1CN1CCN(C(=O)C2CCC2)CC1. The molecule has 188 valence electrons. The van der Waals surface area contributed by atoms with Crippen LogP contribution in [0.15, 0.2) is 48.2 Å². The van der Waals surface area contributed by atoms with Gasteiger partial charge in [0.05, 0.1) is 18.2 Å². The van der Waals surface area contributed by atoms with Crippen molar-refractivity contribution in [2.24, 2.45) is 5.92 Å². The zero-order valence-electron chi connectivity index (χ0n) is 20.2. The first-order valence-electron chi connectivity index (χ1n) is 12.3. The van der Waals surface area contributed by atoms with Crippen LogP contribution in [0.4, 0.5) is 4.79 Å². The van der Waals surface area contributed by atoms with Crippen LogP contribution in [-0.2, 0) is 14.3 Å². The van der Waals surface area contributed by atoms with E-state index in [0.717, 1.165) is 19.3 Å². The highest BCUT2D eigenvalue weighted by Gasteiger charge is 2.39. The number of amides is 3. The minimum atomic E-state index is -0.729. The number of carbonyl (C=O) groups is 3. The number of ether oxygens (including phenoxy) is 1. The van der Waals surface area contributed by atoms with Crippen LogP contribution in [0.3, 0.4) is 0 Å². The molecule has 2 fully saturated rings. The van der Waals surface area contributed by atoms with E-state index in [1.54, 1.807) is 36.1 Å². The molecule has 1 saturated heterocycles. The maximum Gasteiger partial charge on any atom is 0.338 e. The molecule has 4 rings (SSSR count). The van der Waals surface area contributed by atoms with Crippen molar-refractivity contribution in [3.63, 3.8) is 0 Å². The normalized spacial score (nSPS) is 21.4. The van der Waals surface area contributed by atoms with Crippen molar-refractivity contribution >= 4 is 29.5 Å². The number of nitrogens with zero attached hydrogens (tertiary/aromatic N) is 3. The minimum Gasteiger partial charge on any atom is -0.463 e. The molecule has 1 aromatic rings. The third kappa shape index (κ3) is 5.38. The Kier molecular flexibility index (Phi) is 8.13. The largest absolute Gasteiger partial charge is 0.463 e. The molecule has 0 spiro atoms. The lowest BCUT2D eigenvalue weighted by atomic mass is 9.84. The molecule has 3 amide bonds. The minimum absolute atomic E-state index is 0.182. The third-order valence-corrected chi connectivity index (χ3v) is 7.32. The number of nitrogens with one attached hydrogen (secondary N) is 1. The van der Waals surface area contributed by atoms with Crippen molar-refractivity contribution in [1.29, 1.82) is 0 Å². The topological polar surface area (TPSA) is 82.2 Å². The highest BCUT2D eigenvalue weighted by molar-refractivity contribution is 6.31. The predicted octanol–water partition coefficient (Wildman–Crippen LogP) is 3.35. The maximum atomic E-state index is 13.3. The summed E-state index contributed by atoms with van der Waals surface area (Å²) in [4.78, 5) is 44.8. The molecule has 2 heterocycles. The number of piperazine rings is 1. The molecular formula is C26H33ClN4O4. The molecule has 1 aromatic carbocycles. The summed E-state index contributed by atoms with van der Waals surface area (Å²) in [5.41, 5.74) is 1.59. The van der Waals surface area contributed by atoms with E-state index in [1.807, 2.05) is 11.0 Å². The van der Waals surface area contributed by atoms with Crippen LogP contribution in [0, 0.1) is 5.92 Å². The summed E-state index contributed by atoms with van der Waals surface area (Å²) in [6.07, 6.45) is 4.75. The average Bonchev–Trinajstić information content (AvgIpc) is 2.81. The van der Waals surface area contributed by atoms with Crippen molar-refractivity contribution in [2.45, 2.75) is 32.2 Å². The van der Waals surface area contributed by atoms with Crippen LogP contribution in [0.1, 0.15) is 37.8 Å². The molecule has 1 atom stereocenters. The van der Waals surface area contributed by atoms with Gasteiger partial charge >= 0.3 is 12.0 Å². The Morgan fingerprint density at radius 1 is 1.20 bits per heavy atom. The Balaban J connectivity index is 1.64. The number of hydrogen-bond donors (Lipinski definition) is 1. The van der Waals surface area contributed by atoms with E-state index >= 15 is 0 Å². The van der Waals surface area contributed by atoms with Gasteiger partial charge in [0.15, 0.2) is 0 Å². The molecule has 1 aliphatic carbocycles. The molecule has 0 radical (unpaired) electrons. The maximum absolute atomic E-state index is 13.3. The number of urea groups is 1. The van der Waals surface area contributed by atoms with Crippen LogP contribution >= 0.6 is 11.6 Å². The van der Waals surface area contributed by atoms with Crippen molar-refractivity contribution in [3.8, 4) is 0 Å². The smallest absolute Gasteiger partial charge is 0.338 e. The van der Waals surface area contributed by atoms with E-state index in [1.165, 1.54) is 0 Å². The number of hydrogen-bond acceptors (Lipinski definition) is 5. The van der Waals surface area contributed by atoms with Crippen LogP contribution < -0.4 is 5.32 Å². The molecule has 35 heavy (non-hydrogen) atoms. The Bertz CT molecular complexity index is 1010. The summed E-state index contributed by atoms with van der Waals surface area (Å²) < 4.78 is 5.43. The number of esters is 1. The fourth-order valence-electron chi connectivity index (χ4n) is 4.84. The van der Waals surface area contributed by atoms with E-state index in [0.29, 0.717) is 54.6 Å². The molecule has 0 bridgehead atoms. The lowest BCUT2D eigenvalue weighted by Crippen LogP contribution is -2.54. The summed E-state index contributed by atoms with van der Waals surface area (Å²) in [6.45, 7) is 8.98. The molecule has 0 aromatic heterocycles. The number of rotatable bonds is 8. The van der Waals surface area contributed by atoms with Gasteiger partial charge in [0.1, 0.15) is 0 Å². The molecule has 1 unspecified atom stereocenters. The first kappa shape index (κ1) is 25.3. The summed E-state index contributed by atoms with van der Waals surface area (Å²) in [5.74, 6) is -0.0482. The van der Waals surface area contributed by atoms with Crippen LogP contribution in [0.25, 0.3) is 0 Å². The second kappa shape index (κ2) is 11.3. The number of carbonyl (C=O) groups excluding carboxylic acids is 3. The molecule has 3 aliphatic rings. The second-order valence-electron chi connectivity index (χ2n) is 9.11. The van der Waals surface area contributed by atoms with Crippen molar-refractivity contribution in [3.05, 3.63) is 58.8 Å². The van der Waals surface area contributed by atoms with Gasteiger partial charge in [0.25, 0.3) is 0 Å². The van der Waals surface area contributed by atoms with E-state index in [4.69, 9.17) is 16.3 Å². The first-order valence-corrected chi connectivity index (χ1v) is 12.7. The fraction of sp³-hybridized carbons (Fsp3) is 0.500. The van der Waals surface area contributed by atoms with E-state index in [9.17, 15) is 14.4 Å². The highest BCUT2D eigenvalue weighted by atomic mass is 35.5. The van der Waals surface area contributed by atoms with Gasteiger partial charge < -0.3 is 15.0 Å². The van der Waals surface area contributed by atoms with Gasteiger partial charge in [-0.1, -0.05) is 42.3 Å². The van der Waals surface area contributed by atoms with Crippen LogP contribution in [0.2, 0.25) is 5.02 Å². The Morgan fingerprint density at radius 2 is 1.91 bits per heavy atom. The number of benzene rings is 1. The monoisotopic (exact) mass is 500 g/mol. The Hall–Kier alpha value is -2.84. The number of halogens is 1. The zero-order valence-corrected chi connectivity index (χ0v) is 20.9. The molecule has 9 heteroatoms. The first-order chi connectivity index (χ1) is 16.9. The molecule has 8 nitrogen and oxygen atoms in total. The van der Waals surface area contributed by atoms with Gasteiger partial charge in [-0.05, 0) is 31.4 Å². The van der Waals surface area contributed by atoms with Gasteiger partial charge in [-0.15, -0.1) is 6.58 Å². The summed E-state index contributed by atoms with van der Waals surface area (Å²) >= 11 is 6.47. The Morgan fingerprint density at radius 3 is 2.51 bits per heavy atom. The predicted molar refractivity (Wildman–Crippen MR) is 134 cm³/mol. The standard InChI is InChI=1S/C26H33ClN4O4/c1-3-12-31-21(17-29-13-15-30(16-14-29)24(32)18-8-7-9-18)22(25(33)35-4-2)23(28-26(31)34)19-10-5-6-11-20(19)27/h3,5-6,10-11,18,23H,1,4,7-9,12-17H2,2H3,(H,28,34). The van der Waals surface area contributed by atoms with E-state index in [-0.39, 0.29) is 31.0 Å². The second-order valence-corrected chi connectivity index (χ2v) is 9.52. The molecular weight excluding hydrogens is 468 g/mol. The molecule has 1 saturated carbocycles. The molecule has 2 aliphatic heterocycles. The fourth-order valence-corrected chi connectivity index (χ4v) is 5.08. The third-order valence-electron chi connectivity index (χ3n) is 6.97.